The van der Waals surface area contributed by atoms with Gasteiger partial charge in [0.15, 0.2) is 0 Å². The van der Waals surface area contributed by atoms with Crippen LogP contribution in [0.4, 0.5) is 0 Å². The van der Waals surface area contributed by atoms with Crippen LogP contribution in [0.2, 0.25) is 0 Å². The third-order valence-electron chi connectivity index (χ3n) is 6.78. The van der Waals surface area contributed by atoms with E-state index in [1.807, 2.05) is 12.2 Å². The first-order chi connectivity index (χ1) is 15.7. The normalized spacial score (nSPS) is 23.2. The summed E-state index contributed by atoms with van der Waals surface area (Å²) in [5.41, 5.74) is 3.21. The molecule has 0 saturated heterocycles. The zero-order valence-corrected chi connectivity index (χ0v) is 19.3. The summed E-state index contributed by atoms with van der Waals surface area (Å²) in [4.78, 5) is 25.0. The third-order valence-corrected chi connectivity index (χ3v) is 6.78. The predicted octanol–water partition coefficient (Wildman–Crippen LogP) is 3.67. The van der Waals surface area contributed by atoms with Gasteiger partial charge >= 0.3 is 5.97 Å². The van der Waals surface area contributed by atoms with Crippen LogP contribution in [-0.2, 0) is 20.7 Å². The molecule has 1 saturated carbocycles. The van der Waals surface area contributed by atoms with Gasteiger partial charge in [-0.1, -0.05) is 17.7 Å². The minimum Gasteiger partial charge on any atom is -0.496 e. The number of carbonyl (C=O) groups excluding carboxylic acids is 2. The van der Waals surface area contributed by atoms with Crippen molar-refractivity contribution in [2.24, 2.45) is 5.92 Å². The minimum absolute atomic E-state index is 0.0160. The minimum atomic E-state index is -1.05. The summed E-state index contributed by atoms with van der Waals surface area (Å²) in [6, 6.07) is 1.77. The molecule has 0 bridgehead atoms. The van der Waals surface area contributed by atoms with Crippen LogP contribution in [0.3, 0.4) is 0 Å². The summed E-state index contributed by atoms with van der Waals surface area (Å²) in [6.07, 6.45) is 5.42. The Morgan fingerprint density at radius 3 is 2.73 bits per heavy atom. The monoisotopic (exact) mass is 452 g/mol. The maximum absolute atomic E-state index is 12.8. The highest BCUT2D eigenvalue weighted by atomic mass is 16.6. The predicted molar refractivity (Wildman–Crippen MR) is 120 cm³/mol. The molecule has 4 aliphatic rings. The largest absolute Gasteiger partial charge is 0.496 e. The molecule has 33 heavy (non-hydrogen) atoms. The van der Waals surface area contributed by atoms with Gasteiger partial charge in [0.1, 0.15) is 29.1 Å². The lowest BCUT2D eigenvalue weighted by atomic mass is 9.73. The van der Waals surface area contributed by atoms with Gasteiger partial charge in [0.25, 0.3) is 0 Å². The molecule has 0 spiro atoms. The smallest absolute Gasteiger partial charge is 0.374 e. The summed E-state index contributed by atoms with van der Waals surface area (Å²) >= 11 is 0. The first kappa shape index (κ1) is 21.8. The molecule has 2 heterocycles. The van der Waals surface area contributed by atoms with Gasteiger partial charge in [-0.2, -0.15) is 0 Å². The number of hydrogen-bond donors (Lipinski definition) is 1. The summed E-state index contributed by atoms with van der Waals surface area (Å²) in [6.45, 7) is 5.40. The Kier molecular flexibility index (Phi) is 5.12. The van der Waals surface area contributed by atoms with Gasteiger partial charge in [-0.05, 0) is 27.2 Å². The zero-order chi connectivity index (χ0) is 23.5. The molecule has 1 aromatic carbocycles. The maximum Gasteiger partial charge on any atom is 0.374 e. The number of hydrogen-bond acceptors (Lipinski definition) is 7. The average Bonchev–Trinajstić information content (AvgIpc) is 3.20. The molecule has 2 aliphatic carbocycles. The van der Waals surface area contributed by atoms with E-state index >= 15 is 0 Å². The molecule has 2 unspecified atom stereocenters. The van der Waals surface area contributed by atoms with Crippen LogP contribution in [0.5, 0.6) is 17.2 Å². The van der Waals surface area contributed by atoms with Crippen LogP contribution in [0.25, 0.3) is 5.57 Å². The van der Waals surface area contributed by atoms with E-state index in [-0.39, 0.29) is 24.1 Å². The number of ether oxygens (including phenoxy) is 4. The number of allylic oxidation sites excluding steroid dienone is 5. The first-order valence-electron chi connectivity index (χ1n) is 11.4. The zero-order valence-electron chi connectivity index (χ0n) is 19.3. The molecule has 1 fully saturated rings. The molecule has 0 aromatic heterocycles. The topological polar surface area (TPSA) is 91.3 Å². The van der Waals surface area contributed by atoms with Crippen molar-refractivity contribution in [3.63, 3.8) is 0 Å². The van der Waals surface area contributed by atoms with Crippen LogP contribution >= 0.6 is 0 Å². The lowest BCUT2D eigenvalue weighted by Crippen LogP contribution is -2.39. The Morgan fingerprint density at radius 2 is 2.03 bits per heavy atom. The Morgan fingerprint density at radius 1 is 1.24 bits per heavy atom. The molecular weight excluding hydrogens is 424 g/mol. The van der Waals surface area contributed by atoms with Crippen molar-refractivity contribution in [1.82, 2.24) is 0 Å². The molecule has 7 nitrogen and oxygen atoms in total. The van der Waals surface area contributed by atoms with E-state index in [1.165, 1.54) is 0 Å². The Hall–Kier alpha value is -3.06. The number of Topliss-reactive ketones (excluding diaryl/α,β-unsaturated/α-hetero) is 1. The first-order valence-corrected chi connectivity index (χ1v) is 11.4. The number of carbonyl (C=O) groups is 2. The van der Waals surface area contributed by atoms with Crippen LogP contribution in [0.15, 0.2) is 35.1 Å². The van der Waals surface area contributed by atoms with Crippen molar-refractivity contribution < 1.29 is 33.6 Å². The molecule has 1 aromatic rings. The highest BCUT2D eigenvalue weighted by molar-refractivity contribution is 6.02. The number of benzene rings is 1. The molecule has 174 valence electrons. The van der Waals surface area contributed by atoms with Crippen molar-refractivity contribution >= 4 is 17.3 Å². The highest BCUT2D eigenvalue weighted by Crippen LogP contribution is 2.55. The number of esters is 1. The Labute approximate surface area is 192 Å². The maximum atomic E-state index is 12.8. The molecule has 7 heteroatoms. The van der Waals surface area contributed by atoms with E-state index in [9.17, 15) is 14.7 Å². The lowest BCUT2D eigenvalue weighted by molar-refractivity contribution is -0.141. The standard InChI is InChI=1S/C26H28O7/c1-5-31-25(28)24-16-8-6-13-10-14(27)7-9-15(13)21(16)22-19(33-24)12-18-17(23(22)30-4)11-20(32-18)26(2,3)29/h6,8,12-13,20,29H,5,7,9-11H2,1-4H3. The fourth-order valence-corrected chi connectivity index (χ4v) is 5.16. The van der Waals surface area contributed by atoms with Gasteiger partial charge < -0.3 is 24.1 Å². The van der Waals surface area contributed by atoms with Gasteiger partial charge in [0.05, 0.1) is 24.9 Å². The molecule has 2 atom stereocenters. The van der Waals surface area contributed by atoms with Crippen molar-refractivity contribution in [2.75, 3.05) is 13.7 Å². The van der Waals surface area contributed by atoms with Gasteiger partial charge in [0.2, 0.25) is 5.76 Å². The summed E-state index contributed by atoms with van der Waals surface area (Å²) in [7, 11) is 1.60. The second kappa shape index (κ2) is 7.76. The number of fused-ring (bicyclic) bond motifs is 5. The highest BCUT2D eigenvalue weighted by Gasteiger charge is 2.43. The van der Waals surface area contributed by atoms with Crippen LogP contribution in [0, 0.1) is 5.92 Å². The molecule has 5 rings (SSSR count). The second-order valence-corrected chi connectivity index (χ2v) is 9.40. The Bertz CT molecular complexity index is 1150. The third kappa shape index (κ3) is 3.46. The summed E-state index contributed by atoms with van der Waals surface area (Å²) < 4.78 is 23.4. The number of ketones is 1. The molecule has 2 aliphatic heterocycles. The SMILES string of the molecule is CCOC(=O)C1=C2C=CC3CC(=O)CCC3=C2c2c(cc3c(c2OC)CC(C(C)(C)O)O3)O1. The fraction of sp³-hybridized carbons (Fsp3) is 0.462. The summed E-state index contributed by atoms with van der Waals surface area (Å²) in [5, 5.41) is 10.5. The van der Waals surface area contributed by atoms with Gasteiger partial charge in [-0.25, -0.2) is 4.79 Å². The molecule has 0 radical (unpaired) electrons. The van der Waals surface area contributed by atoms with Gasteiger partial charge in [0, 0.05) is 48.0 Å². The summed E-state index contributed by atoms with van der Waals surface area (Å²) in [5.74, 6) is 1.43. The van der Waals surface area contributed by atoms with E-state index < -0.39 is 17.7 Å². The van der Waals surface area contributed by atoms with E-state index in [0.29, 0.717) is 48.5 Å². The van der Waals surface area contributed by atoms with Crippen molar-refractivity contribution in [3.05, 3.63) is 46.3 Å². The van der Waals surface area contributed by atoms with E-state index in [1.54, 1.807) is 33.9 Å². The lowest BCUT2D eigenvalue weighted by Gasteiger charge is -2.34. The number of aliphatic hydroxyl groups is 1. The van der Waals surface area contributed by atoms with E-state index in [0.717, 1.165) is 22.3 Å². The molecule has 1 N–H and O–H groups in total. The average molecular weight is 453 g/mol. The van der Waals surface area contributed by atoms with Crippen molar-refractivity contribution in [3.8, 4) is 17.2 Å². The van der Waals surface area contributed by atoms with Gasteiger partial charge in [-0.15, -0.1) is 0 Å². The molecule has 0 amide bonds. The molecular formula is C26H28O7. The van der Waals surface area contributed by atoms with Crippen LogP contribution in [0.1, 0.15) is 51.2 Å². The Balaban J connectivity index is 1.73. The van der Waals surface area contributed by atoms with Gasteiger partial charge in [-0.3, -0.25) is 4.79 Å². The number of rotatable bonds is 4. The van der Waals surface area contributed by atoms with Crippen LogP contribution < -0.4 is 14.2 Å². The number of methoxy groups -OCH3 is 1. The van der Waals surface area contributed by atoms with Crippen LogP contribution in [-0.4, -0.2) is 42.3 Å². The van der Waals surface area contributed by atoms with Crippen molar-refractivity contribution in [1.29, 1.82) is 0 Å². The van der Waals surface area contributed by atoms with E-state index in [2.05, 4.69) is 0 Å². The quantitative estimate of drug-likeness (QED) is 0.697. The van der Waals surface area contributed by atoms with Crippen molar-refractivity contribution in [2.45, 2.75) is 58.2 Å². The van der Waals surface area contributed by atoms with E-state index in [4.69, 9.17) is 18.9 Å². The second-order valence-electron chi connectivity index (χ2n) is 9.40. The fourth-order valence-electron chi connectivity index (χ4n) is 5.16.